The maximum Gasteiger partial charge on any atom is 0.224 e. The van der Waals surface area contributed by atoms with Gasteiger partial charge in [0.15, 0.2) is 0 Å². The molecule has 4 heteroatoms. The molecule has 0 saturated carbocycles. The lowest BCUT2D eigenvalue weighted by atomic mass is 10.1. The normalized spacial score (nSPS) is 9.21. The van der Waals surface area contributed by atoms with E-state index in [0.29, 0.717) is 12.1 Å². The highest BCUT2D eigenvalue weighted by molar-refractivity contribution is 5.82. The molecule has 0 fully saturated rings. The lowest BCUT2D eigenvalue weighted by Crippen LogP contribution is -2.20. The van der Waals surface area contributed by atoms with Crippen LogP contribution < -0.4 is 10.6 Å². The Kier molecular flexibility index (Phi) is 3.67. The van der Waals surface area contributed by atoms with Crippen LogP contribution in [0.3, 0.4) is 0 Å². The van der Waals surface area contributed by atoms with Crippen LogP contribution in [0.5, 0.6) is 0 Å². The van der Waals surface area contributed by atoms with Gasteiger partial charge in [0.25, 0.3) is 0 Å². The number of anilines is 1. The van der Waals surface area contributed by atoms with E-state index in [4.69, 9.17) is 0 Å². The van der Waals surface area contributed by atoms with Gasteiger partial charge in [0, 0.05) is 12.7 Å². The number of benzene rings is 1. The van der Waals surface area contributed by atoms with E-state index in [-0.39, 0.29) is 12.3 Å². The summed E-state index contributed by atoms with van der Waals surface area (Å²) in [6.07, 6.45) is 0.871. The molecule has 1 aromatic rings. The minimum atomic E-state index is -0.0786. The van der Waals surface area contributed by atoms with Crippen LogP contribution in [0.2, 0.25) is 0 Å². The van der Waals surface area contributed by atoms with Crippen molar-refractivity contribution in [2.24, 2.45) is 0 Å². The molecular weight excluding hydrogens is 180 g/mol. The summed E-state index contributed by atoms with van der Waals surface area (Å²) in [7, 11) is 1.58. The van der Waals surface area contributed by atoms with Crippen LogP contribution in [0.1, 0.15) is 5.56 Å². The van der Waals surface area contributed by atoms with E-state index in [1.54, 1.807) is 25.2 Å². The van der Waals surface area contributed by atoms with Crippen LogP contribution in [0.15, 0.2) is 24.3 Å². The summed E-state index contributed by atoms with van der Waals surface area (Å²) in [4.78, 5) is 21.4. The van der Waals surface area contributed by atoms with Crippen molar-refractivity contribution < 1.29 is 9.59 Å². The van der Waals surface area contributed by atoms with Gasteiger partial charge in [0.2, 0.25) is 12.3 Å². The van der Waals surface area contributed by atoms with E-state index in [1.807, 2.05) is 6.07 Å². The van der Waals surface area contributed by atoms with Crippen LogP contribution in [0, 0.1) is 0 Å². The molecule has 0 aliphatic heterocycles. The number of hydrogen-bond acceptors (Lipinski definition) is 2. The van der Waals surface area contributed by atoms with Crippen LogP contribution in [0.25, 0.3) is 0 Å². The molecule has 2 amide bonds. The summed E-state index contributed by atoms with van der Waals surface area (Å²) < 4.78 is 0. The van der Waals surface area contributed by atoms with Crippen molar-refractivity contribution in [1.82, 2.24) is 5.32 Å². The fourth-order valence-electron chi connectivity index (χ4n) is 1.14. The van der Waals surface area contributed by atoms with Crippen LogP contribution in [-0.4, -0.2) is 19.4 Å². The van der Waals surface area contributed by atoms with Crippen LogP contribution in [0.4, 0.5) is 5.69 Å². The smallest absolute Gasteiger partial charge is 0.224 e. The fourth-order valence-corrected chi connectivity index (χ4v) is 1.14. The van der Waals surface area contributed by atoms with E-state index in [0.717, 1.165) is 5.56 Å². The van der Waals surface area contributed by atoms with Gasteiger partial charge in [-0.05, 0) is 11.6 Å². The molecule has 2 N–H and O–H groups in total. The van der Waals surface area contributed by atoms with Gasteiger partial charge in [-0.3, -0.25) is 9.59 Å². The number of rotatable bonds is 4. The Labute approximate surface area is 82.3 Å². The Balaban J connectivity index is 2.83. The molecule has 0 bridgehead atoms. The molecule has 1 rings (SSSR count). The van der Waals surface area contributed by atoms with Gasteiger partial charge >= 0.3 is 0 Å². The van der Waals surface area contributed by atoms with Gasteiger partial charge < -0.3 is 10.6 Å². The molecule has 0 aromatic heterocycles. The number of likely N-dealkylation sites (N-methyl/N-ethyl adjacent to an activating group) is 1. The van der Waals surface area contributed by atoms with Crippen LogP contribution in [-0.2, 0) is 16.0 Å². The molecule has 0 aliphatic carbocycles. The molecule has 1 aromatic carbocycles. The molecule has 0 radical (unpaired) electrons. The van der Waals surface area contributed by atoms with E-state index in [1.165, 1.54) is 0 Å². The third kappa shape index (κ3) is 2.58. The Bertz CT molecular complexity index is 337. The van der Waals surface area contributed by atoms with Gasteiger partial charge in [-0.25, -0.2) is 0 Å². The lowest BCUT2D eigenvalue weighted by Gasteiger charge is -2.06. The van der Waals surface area contributed by atoms with Crippen molar-refractivity contribution in [3.63, 3.8) is 0 Å². The Morgan fingerprint density at radius 3 is 2.79 bits per heavy atom. The first-order valence-electron chi connectivity index (χ1n) is 4.26. The second-order valence-electron chi connectivity index (χ2n) is 2.77. The molecule has 4 nitrogen and oxygen atoms in total. The second kappa shape index (κ2) is 5.01. The third-order valence-electron chi connectivity index (χ3n) is 1.86. The molecule has 0 spiro atoms. The second-order valence-corrected chi connectivity index (χ2v) is 2.77. The van der Waals surface area contributed by atoms with Crippen LogP contribution >= 0.6 is 0 Å². The number of para-hydroxylation sites is 1. The monoisotopic (exact) mass is 192 g/mol. The Morgan fingerprint density at radius 1 is 1.43 bits per heavy atom. The first kappa shape index (κ1) is 10.2. The molecular formula is C10H12N2O2. The van der Waals surface area contributed by atoms with E-state index in [2.05, 4.69) is 10.6 Å². The van der Waals surface area contributed by atoms with Crippen molar-refractivity contribution in [3.05, 3.63) is 29.8 Å². The van der Waals surface area contributed by atoms with Crippen molar-refractivity contribution in [3.8, 4) is 0 Å². The van der Waals surface area contributed by atoms with Gasteiger partial charge in [0.05, 0.1) is 6.42 Å². The van der Waals surface area contributed by atoms with Crippen molar-refractivity contribution in [1.29, 1.82) is 0 Å². The highest BCUT2D eigenvalue weighted by atomic mass is 16.1. The summed E-state index contributed by atoms with van der Waals surface area (Å²) >= 11 is 0. The molecule has 0 atom stereocenters. The highest BCUT2D eigenvalue weighted by Gasteiger charge is 2.04. The largest absolute Gasteiger partial charge is 0.359 e. The first-order valence-corrected chi connectivity index (χ1v) is 4.26. The minimum Gasteiger partial charge on any atom is -0.359 e. The van der Waals surface area contributed by atoms with Crippen molar-refractivity contribution in [2.45, 2.75) is 6.42 Å². The predicted molar refractivity (Wildman–Crippen MR) is 53.9 cm³/mol. The zero-order chi connectivity index (χ0) is 10.4. The van der Waals surface area contributed by atoms with E-state index >= 15 is 0 Å². The average Bonchev–Trinajstić information content (AvgIpc) is 2.21. The number of carbonyl (C=O) groups excluding carboxylic acids is 2. The predicted octanol–water partition coefficient (Wildman–Crippen LogP) is 0.543. The van der Waals surface area contributed by atoms with Gasteiger partial charge in [-0.2, -0.15) is 0 Å². The highest BCUT2D eigenvalue weighted by Crippen LogP contribution is 2.14. The van der Waals surface area contributed by atoms with Gasteiger partial charge in [-0.1, -0.05) is 18.2 Å². The molecule has 14 heavy (non-hydrogen) atoms. The molecule has 0 unspecified atom stereocenters. The summed E-state index contributed by atoms with van der Waals surface area (Å²) in [6.45, 7) is 0. The number of carbonyl (C=O) groups is 2. The SMILES string of the molecule is CNC(=O)Cc1ccccc1NC=O. The van der Waals surface area contributed by atoms with Crippen molar-refractivity contribution >= 4 is 18.0 Å². The average molecular weight is 192 g/mol. The zero-order valence-corrected chi connectivity index (χ0v) is 7.91. The Morgan fingerprint density at radius 2 is 2.14 bits per heavy atom. The van der Waals surface area contributed by atoms with Gasteiger partial charge in [-0.15, -0.1) is 0 Å². The quantitative estimate of drug-likeness (QED) is 0.684. The topological polar surface area (TPSA) is 58.2 Å². The lowest BCUT2D eigenvalue weighted by molar-refractivity contribution is -0.120. The third-order valence-corrected chi connectivity index (χ3v) is 1.86. The fraction of sp³-hybridized carbons (Fsp3) is 0.200. The standard InChI is InChI=1S/C10H12N2O2/c1-11-10(14)6-8-4-2-3-5-9(8)12-7-13/h2-5,7H,6H2,1H3,(H,11,14)(H,12,13). The first-order chi connectivity index (χ1) is 6.77. The van der Waals surface area contributed by atoms with E-state index < -0.39 is 0 Å². The molecule has 0 heterocycles. The summed E-state index contributed by atoms with van der Waals surface area (Å²) in [5, 5.41) is 5.07. The number of amides is 2. The number of nitrogens with one attached hydrogen (secondary N) is 2. The minimum absolute atomic E-state index is 0.0786. The summed E-state index contributed by atoms with van der Waals surface area (Å²) in [5.41, 5.74) is 1.48. The Hall–Kier alpha value is -1.84. The number of hydrogen-bond donors (Lipinski definition) is 2. The maximum atomic E-state index is 11.1. The summed E-state index contributed by atoms with van der Waals surface area (Å²) in [5.74, 6) is -0.0786. The van der Waals surface area contributed by atoms with Gasteiger partial charge in [0.1, 0.15) is 0 Å². The van der Waals surface area contributed by atoms with Crippen molar-refractivity contribution in [2.75, 3.05) is 12.4 Å². The van der Waals surface area contributed by atoms with E-state index in [9.17, 15) is 9.59 Å². The maximum absolute atomic E-state index is 11.1. The molecule has 0 aliphatic rings. The summed E-state index contributed by atoms with van der Waals surface area (Å²) in [6, 6.07) is 7.20. The molecule has 74 valence electrons. The zero-order valence-electron chi connectivity index (χ0n) is 7.91. The molecule has 0 saturated heterocycles.